The van der Waals surface area contributed by atoms with Crippen LogP contribution >= 0.6 is 0 Å². The Hall–Kier alpha value is -1.39. The molecule has 0 bridgehead atoms. The number of hydrogen-bond donors (Lipinski definition) is 1. The van der Waals surface area contributed by atoms with E-state index in [0.717, 1.165) is 12.8 Å². The van der Waals surface area contributed by atoms with E-state index in [1.54, 1.807) is 24.3 Å². The van der Waals surface area contributed by atoms with Gasteiger partial charge in [0.2, 0.25) is 0 Å². The van der Waals surface area contributed by atoms with E-state index in [1.165, 1.54) is 0 Å². The maximum Gasteiger partial charge on any atom is 0.338 e. The van der Waals surface area contributed by atoms with Crippen LogP contribution in [-0.4, -0.2) is 36.0 Å². The molecule has 0 aliphatic carbocycles. The number of ether oxygens (including phenoxy) is 2. The maximum atomic E-state index is 12.0. The van der Waals surface area contributed by atoms with Crippen LogP contribution in [0.15, 0.2) is 30.3 Å². The van der Waals surface area contributed by atoms with E-state index < -0.39 is 6.10 Å². The lowest BCUT2D eigenvalue weighted by molar-refractivity contribution is -0.180. The first-order valence-electron chi connectivity index (χ1n) is 8.14. The lowest BCUT2D eigenvalue weighted by atomic mass is 9.80. The molecule has 1 aromatic rings. The average molecular weight is 306 g/mol. The molecule has 1 saturated heterocycles. The summed E-state index contributed by atoms with van der Waals surface area (Å²) in [6.07, 6.45) is 1.00. The van der Waals surface area contributed by atoms with Crippen molar-refractivity contribution in [2.45, 2.75) is 51.9 Å². The molecule has 122 valence electrons. The molecule has 2 rings (SSSR count). The summed E-state index contributed by atoms with van der Waals surface area (Å²) < 4.78 is 11.5. The van der Waals surface area contributed by atoms with Crippen molar-refractivity contribution in [2.75, 3.05) is 6.61 Å². The molecule has 0 aromatic heterocycles. The third-order valence-corrected chi connectivity index (χ3v) is 4.65. The van der Waals surface area contributed by atoms with Gasteiger partial charge in [-0.3, -0.25) is 0 Å². The van der Waals surface area contributed by atoms with Gasteiger partial charge in [0, 0.05) is 11.8 Å². The molecular formula is C18H26O4. The van der Waals surface area contributed by atoms with Gasteiger partial charge in [0.1, 0.15) is 6.61 Å². The molecule has 5 atom stereocenters. The van der Waals surface area contributed by atoms with E-state index in [1.807, 2.05) is 26.8 Å². The number of benzene rings is 1. The van der Waals surface area contributed by atoms with Crippen molar-refractivity contribution in [1.82, 2.24) is 0 Å². The van der Waals surface area contributed by atoms with Crippen molar-refractivity contribution in [2.24, 2.45) is 11.8 Å². The fourth-order valence-electron chi connectivity index (χ4n) is 3.23. The zero-order valence-corrected chi connectivity index (χ0v) is 13.6. The molecule has 1 aliphatic heterocycles. The molecule has 1 heterocycles. The van der Waals surface area contributed by atoms with E-state index in [9.17, 15) is 9.90 Å². The summed E-state index contributed by atoms with van der Waals surface area (Å²) in [5.74, 6) is -0.238. The van der Waals surface area contributed by atoms with Gasteiger partial charge in [-0.1, -0.05) is 39.0 Å². The molecule has 1 aliphatic rings. The van der Waals surface area contributed by atoms with Crippen LogP contribution in [0.4, 0.5) is 0 Å². The first-order valence-corrected chi connectivity index (χ1v) is 8.14. The standard InChI is InChI=1S/C18H26O4/c1-4-14-16(22-15(5-2)12(3)17(14)19)11-21-18(20)13-9-7-6-8-10-13/h6-10,12,14-17,19H,4-5,11H2,1-3H3. The van der Waals surface area contributed by atoms with Crippen molar-refractivity contribution in [3.63, 3.8) is 0 Å². The third-order valence-electron chi connectivity index (χ3n) is 4.65. The SMILES string of the molecule is CCC1OC(COC(=O)c2ccccc2)C(CC)C(O)C1C. The molecule has 5 unspecified atom stereocenters. The molecule has 1 aromatic carbocycles. The minimum Gasteiger partial charge on any atom is -0.459 e. The summed E-state index contributed by atoms with van der Waals surface area (Å²) in [7, 11) is 0. The predicted molar refractivity (Wildman–Crippen MR) is 84.6 cm³/mol. The normalized spacial score (nSPS) is 31.7. The van der Waals surface area contributed by atoms with Crippen LogP contribution in [0.25, 0.3) is 0 Å². The number of hydrogen-bond acceptors (Lipinski definition) is 4. The molecule has 0 radical (unpaired) electrons. The highest BCUT2D eigenvalue weighted by molar-refractivity contribution is 5.89. The Kier molecular flexibility index (Phi) is 5.98. The van der Waals surface area contributed by atoms with E-state index in [4.69, 9.17) is 9.47 Å². The van der Waals surface area contributed by atoms with Crippen LogP contribution in [-0.2, 0) is 9.47 Å². The number of carbonyl (C=O) groups is 1. The van der Waals surface area contributed by atoms with E-state index in [0.29, 0.717) is 5.56 Å². The Bertz CT molecular complexity index is 473. The molecular weight excluding hydrogens is 280 g/mol. The second-order valence-electron chi connectivity index (χ2n) is 6.01. The average Bonchev–Trinajstić information content (AvgIpc) is 2.56. The topological polar surface area (TPSA) is 55.8 Å². The number of esters is 1. The summed E-state index contributed by atoms with van der Waals surface area (Å²) >= 11 is 0. The number of aliphatic hydroxyl groups excluding tert-OH is 1. The van der Waals surface area contributed by atoms with Gasteiger partial charge in [-0.15, -0.1) is 0 Å². The summed E-state index contributed by atoms with van der Waals surface area (Å²) in [4.78, 5) is 12.0. The van der Waals surface area contributed by atoms with Crippen LogP contribution in [0.3, 0.4) is 0 Å². The van der Waals surface area contributed by atoms with E-state index in [2.05, 4.69) is 0 Å². The Labute approximate surface area is 132 Å². The Balaban J connectivity index is 1.99. The highest BCUT2D eigenvalue weighted by atomic mass is 16.6. The highest BCUT2D eigenvalue weighted by Crippen LogP contribution is 2.33. The highest BCUT2D eigenvalue weighted by Gasteiger charge is 2.41. The van der Waals surface area contributed by atoms with Gasteiger partial charge in [-0.2, -0.15) is 0 Å². The molecule has 0 spiro atoms. The summed E-state index contributed by atoms with van der Waals surface area (Å²) in [6, 6.07) is 8.93. The second kappa shape index (κ2) is 7.75. The van der Waals surface area contributed by atoms with E-state index in [-0.39, 0.29) is 36.6 Å². The minimum absolute atomic E-state index is 0.00127. The van der Waals surface area contributed by atoms with Crippen LogP contribution in [0.5, 0.6) is 0 Å². The van der Waals surface area contributed by atoms with Gasteiger partial charge in [-0.05, 0) is 25.0 Å². The zero-order chi connectivity index (χ0) is 16.1. The van der Waals surface area contributed by atoms with Crippen molar-refractivity contribution in [3.05, 3.63) is 35.9 Å². The van der Waals surface area contributed by atoms with Gasteiger partial charge in [0.15, 0.2) is 0 Å². The second-order valence-corrected chi connectivity index (χ2v) is 6.01. The lowest BCUT2D eigenvalue weighted by Gasteiger charge is -2.43. The molecule has 4 nitrogen and oxygen atoms in total. The number of carbonyl (C=O) groups excluding carboxylic acids is 1. The van der Waals surface area contributed by atoms with Crippen LogP contribution in [0.1, 0.15) is 44.0 Å². The molecule has 0 saturated carbocycles. The summed E-state index contributed by atoms with van der Waals surface area (Å²) in [5.41, 5.74) is 0.535. The first-order chi connectivity index (χ1) is 10.6. The molecule has 1 N–H and O–H groups in total. The zero-order valence-electron chi connectivity index (χ0n) is 13.6. The van der Waals surface area contributed by atoms with Crippen molar-refractivity contribution >= 4 is 5.97 Å². The Morgan fingerprint density at radius 3 is 2.45 bits per heavy atom. The van der Waals surface area contributed by atoms with Crippen LogP contribution in [0, 0.1) is 11.8 Å². The fourth-order valence-corrected chi connectivity index (χ4v) is 3.23. The molecule has 4 heteroatoms. The summed E-state index contributed by atoms with van der Waals surface area (Å²) in [6.45, 7) is 6.29. The van der Waals surface area contributed by atoms with Gasteiger partial charge in [0.05, 0.1) is 23.9 Å². The largest absolute Gasteiger partial charge is 0.459 e. The smallest absolute Gasteiger partial charge is 0.338 e. The van der Waals surface area contributed by atoms with Gasteiger partial charge in [-0.25, -0.2) is 4.79 Å². The predicted octanol–water partition coefficient (Wildman–Crippen LogP) is 3.04. The lowest BCUT2D eigenvalue weighted by Crippen LogP contribution is -2.51. The Morgan fingerprint density at radius 2 is 1.86 bits per heavy atom. The maximum absolute atomic E-state index is 12.0. The van der Waals surface area contributed by atoms with Crippen LogP contribution in [0.2, 0.25) is 0 Å². The van der Waals surface area contributed by atoms with Crippen molar-refractivity contribution in [3.8, 4) is 0 Å². The van der Waals surface area contributed by atoms with Gasteiger partial charge < -0.3 is 14.6 Å². The number of rotatable bonds is 5. The van der Waals surface area contributed by atoms with Gasteiger partial charge >= 0.3 is 5.97 Å². The minimum atomic E-state index is -0.413. The molecule has 22 heavy (non-hydrogen) atoms. The molecule has 0 amide bonds. The fraction of sp³-hybridized carbons (Fsp3) is 0.611. The monoisotopic (exact) mass is 306 g/mol. The Morgan fingerprint density at radius 1 is 1.18 bits per heavy atom. The third kappa shape index (κ3) is 3.68. The van der Waals surface area contributed by atoms with E-state index >= 15 is 0 Å². The summed E-state index contributed by atoms with van der Waals surface area (Å²) in [5, 5.41) is 10.5. The van der Waals surface area contributed by atoms with Crippen molar-refractivity contribution < 1.29 is 19.4 Å². The molecule has 1 fully saturated rings. The van der Waals surface area contributed by atoms with Gasteiger partial charge in [0.25, 0.3) is 0 Å². The quantitative estimate of drug-likeness (QED) is 0.850. The van der Waals surface area contributed by atoms with Crippen molar-refractivity contribution in [1.29, 1.82) is 0 Å². The van der Waals surface area contributed by atoms with Crippen LogP contribution < -0.4 is 0 Å². The number of aliphatic hydroxyl groups is 1. The first kappa shape index (κ1) is 17.0.